The molecule has 39 heavy (non-hydrogen) atoms. The number of nitriles is 1. The highest BCUT2D eigenvalue weighted by Gasteiger charge is 2.47. The van der Waals surface area contributed by atoms with Gasteiger partial charge in [0.05, 0.1) is 25.9 Å². The summed E-state index contributed by atoms with van der Waals surface area (Å²) in [5, 5.41) is 16.8. The molecule has 2 amide bonds. The van der Waals surface area contributed by atoms with Gasteiger partial charge in [0.25, 0.3) is 0 Å². The van der Waals surface area contributed by atoms with Crippen LogP contribution in [0.25, 0.3) is 0 Å². The largest absolute Gasteiger partial charge is 0.450 e. The van der Waals surface area contributed by atoms with Crippen molar-refractivity contribution in [1.82, 2.24) is 20.4 Å². The molecule has 2 aliphatic carbocycles. The molecule has 4 fully saturated rings. The second-order valence-corrected chi connectivity index (χ2v) is 11.5. The molecule has 0 bridgehead atoms. The molecule has 2 aliphatic heterocycles. The van der Waals surface area contributed by atoms with Crippen LogP contribution in [0.3, 0.4) is 0 Å². The van der Waals surface area contributed by atoms with Crippen LogP contribution in [0.1, 0.15) is 90.4 Å². The van der Waals surface area contributed by atoms with Crippen LogP contribution in [0.2, 0.25) is 0 Å². The van der Waals surface area contributed by atoms with Crippen molar-refractivity contribution in [3.05, 3.63) is 0 Å². The van der Waals surface area contributed by atoms with Crippen LogP contribution in [-0.2, 0) is 14.3 Å². The quantitative estimate of drug-likeness (QED) is 0.371. The maximum atomic E-state index is 14.8. The number of carbonyl (C=O) groups is 2. The standard InChI is InChI=1S/C29H48N6O4/c1-2-39-28(37)33-27(34-17-19-38-20-18-34)32-25(21-23-9-5-3-6-10-23)26(36)35(24-11-7-4-8-12-24)29(22-30)13-15-31-16-14-29/h23-25,31H,2-21H2,1H3,(H,32,33,37). The predicted molar refractivity (Wildman–Crippen MR) is 149 cm³/mol. The molecule has 0 aromatic rings. The van der Waals surface area contributed by atoms with Gasteiger partial charge >= 0.3 is 6.09 Å². The summed E-state index contributed by atoms with van der Waals surface area (Å²) in [5.41, 5.74) is -0.821. The van der Waals surface area contributed by atoms with Gasteiger partial charge in [-0.15, -0.1) is 0 Å². The summed E-state index contributed by atoms with van der Waals surface area (Å²) in [6.45, 7) is 5.69. The zero-order valence-corrected chi connectivity index (χ0v) is 23.8. The Labute approximate surface area is 233 Å². The average molecular weight is 545 g/mol. The normalized spacial score (nSPS) is 23.9. The van der Waals surface area contributed by atoms with Crippen molar-refractivity contribution in [2.45, 2.75) is 108 Å². The number of amides is 2. The lowest BCUT2D eigenvalue weighted by atomic mass is 9.81. The van der Waals surface area contributed by atoms with Crippen molar-refractivity contribution in [2.75, 3.05) is 46.0 Å². The number of hydrogen-bond acceptors (Lipinski definition) is 7. The number of alkyl carbamates (subject to hydrolysis) is 1. The van der Waals surface area contributed by atoms with Crippen molar-refractivity contribution in [3.8, 4) is 6.07 Å². The van der Waals surface area contributed by atoms with E-state index in [1.54, 1.807) is 6.92 Å². The summed E-state index contributed by atoms with van der Waals surface area (Å²) >= 11 is 0. The summed E-state index contributed by atoms with van der Waals surface area (Å²) in [6.07, 6.45) is 12.3. The first-order valence-electron chi connectivity index (χ1n) is 15.4. The van der Waals surface area contributed by atoms with Crippen LogP contribution in [0, 0.1) is 17.2 Å². The van der Waals surface area contributed by atoms with E-state index in [4.69, 9.17) is 14.5 Å². The van der Waals surface area contributed by atoms with Crippen LogP contribution >= 0.6 is 0 Å². The summed E-state index contributed by atoms with van der Waals surface area (Å²) in [4.78, 5) is 36.3. The zero-order chi connectivity index (χ0) is 27.5. The number of rotatable bonds is 7. The third-order valence-corrected chi connectivity index (χ3v) is 8.92. The molecular weight excluding hydrogens is 496 g/mol. The Balaban J connectivity index is 1.71. The number of ether oxygens (including phenoxy) is 2. The lowest BCUT2D eigenvalue weighted by Crippen LogP contribution is -2.62. The first kappa shape index (κ1) is 29.6. The van der Waals surface area contributed by atoms with Crippen molar-refractivity contribution < 1.29 is 19.1 Å². The number of nitrogens with zero attached hydrogens (tertiary/aromatic N) is 4. The Bertz CT molecular complexity index is 865. The van der Waals surface area contributed by atoms with Gasteiger partial charge in [-0.25, -0.2) is 9.79 Å². The van der Waals surface area contributed by atoms with E-state index >= 15 is 0 Å². The Morgan fingerprint density at radius 3 is 2.36 bits per heavy atom. The molecule has 4 aliphatic rings. The van der Waals surface area contributed by atoms with Gasteiger partial charge in [-0.3, -0.25) is 10.1 Å². The topological polar surface area (TPSA) is 119 Å². The fraction of sp³-hybridized carbons (Fsp3) is 0.862. The number of hydrogen-bond donors (Lipinski definition) is 2. The number of carbonyl (C=O) groups excluding carboxylic acids is 2. The van der Waals surface area contributed by atoms with Crippen LogP contribution in [-0.4, -0.2) is 91.4 Å². The van der Waals surface area contributed by atoms with Crippen LogP contribution in [0.5, 0.6) is 0 Å². The molecule has 10 heteroatoms. The second kappa shape index (κ2) is 14.8. The SMILES string of the molecule is CCOC(=O)NC(=NC(CC1CCCCC1)C(=O)N(C1CCCCC1)C1(C#N)CCNCC1)N1CCOCC1. The molecule has 2 saturated carbocycles. The minimum Gasteiger partial charge on any atom is -0.450 e. The Kier molecular flexibility index (Phi) is 11.3. The Morgan fingerprint density at radius 2 is 1.74 bits per heavy atom. The predicted octanol–water partition coefficient (Wildman–Crippen LogP) is 3.57. The Hall–Kier alpha value is -2.38. The Morgan fingerprint density at radius 1 is 1.10 bits per heavy atom. The highest BCUT2D eigenvalue weighted by atomic mass is 16.5. The van der Waals surface area contributed by atoms with Crippen molar-refractivity contribution in [2.24, 2.45) is 10.9 Å². The molecule has 4 rings (SSSR count). The summed E-state index contributed by atoms with van der Waals surface area (Å²) in [6, 6.07) is 2.02. The molecule has 2 saturated heterocycles. The van der Waals surface area contributed by atoms with E-state index in [0.717, 1.165) is 51.6 Å². The summed E-state index contributed by atoms with van der Waals surface area (Å²) in [5.74, 6) is 0.738. The smallest absolute Gasteiger partial charge is 0.413 e. The highest BCUT2D eigenvalue weighted by molar-refractivity contribution is 5.96. The first-order chi connectivity index (χ1) is 19.1. The monoisotopic (exact) mass is 544 g/mol. The lowest BCUT2D eigenvalue weighted by Gasteiger charge is -2.48. The number of aliphatic imine (C=N–C) groups is 1. The maximum Gasteiger partial charge on any atom is 0.413 e. The van der Waals surface area contributed by atoms with Crippen LogP contribution < -0.4 is 10.6 Å². The maximum absolute atomic E-state index is 14.8. The fourth-order valence-electron chi connectivity index (χ4n) is 6.81. The van der Waals surface area contributed by atoms with E-state index < -0.39 is 17.7 Å². The van der Waals surface area contributed by atoms with E-state index in [9.17, 15) is 14.9 Å². The van der Waals surface area contributed by atoms with Gasteiger partial charge in [-0.05, 0) is 58.0 Å². The molecule has 0 spiro atoms. The van der Waals surface area contributed by atoms with Crippen molar-refractivity contribution >= 4 is 18.0 Å². The van der Waals surface area contributed by atoms with Crippen LogP contribution in [0.15, 0.2) is 4.99 Å². The molecule has 0 aromatic heterocycles. The van der Waals surface area contributed by atoms with E-state index in [0.29, 0.717) is 57.4 Å². The highest BCUT2D eigenvalue weighted by Crippen LogP contribution is 2.36. The van der Waals surface area contributed by atoms with Crippen molar-refractivity contribution in [3.63, 3.8) is 0 Å². The molecule has 0 aromatic carbocycles. The number of morpholine rings is 1. The van der Waals surface area contributed by atoms with Gasteiger partial charge in [0.15, 0.2) is 0 Å². The molecule has 218 valence electrons. The van der Waals surface area contributed by atoms with Crippen LogP contribution in [0.4, 0.5) is 4.79 Å². The van der Waals surface area contributed by atoms with E-state index in [1.807, 2.05) is 9.80 Å². The van der Waals surface area contributed by atoms with Gasteiger partial charge in [-0.2, -0.15) is 5.26 Å². The molecule has 1 unspecified atom stereocenters. The zero-order valence-electron chi connectivity index (χ0n) is 23.8. The van der Waals surface area contributed by atoms with Crippen molar-refractivity contribution in [1.29, 1.82) is 5.26 Å². The lowest BCUT2D eigenvalue weighted by molar-refractivity contribution is -0.143. The number of guanidine groups is 1. The molecular formula is C29H48N6O4. The second-order valence-electron chi connectivity index (χ2n) is 11.5. The third-order valence-electron chi connectivity index (χ3n) is 8.92. The number of piperidine rings is 1. The van der Waals surface area contributed by atoms with Gasteiger partial charge in [0.2, 0.25) is 11.9 Å². The summed E-state index contributed by atoms with van der Waals surface area (Å²) < 4.78 is 10.7. The van der Waals surface area contributed by atoms with E-state index in [2.05, 4.69) is 16.7 Å². The average Bonchev–Trinajstić information content (AvgIpc) is 2.98. The van der Waals surface area contributed by atoms with Gasteiger partial charge in [0.1, 0.15) is 11.6 Å². The van der Waals surface area contributed by atoms with Gasteiger partial charge in [0, 0.05) is 19.1 Å². The minimum atomic E-state index is -0.821. The van der Waals surface area contributed by atoms with E-state index in [-0.39, 0.29) is 18.6 Å². The molecule has 0 radical (unpaired) electrons. The molecule has 10 nitrogen and oxygen atoms in total. The first-order valence-corrected chi connectivity index (χ1v) is 15.4. The van der Waals surface area contributed by atoms with Gasteiger partial charge in [-0.1, -0.05) is 51.4 Å². The number of nitrogens with one attached hydrogen (secondary N) is 2. The summed E-state index contributed by atoms with van der Waals surface area (Å²) in [7, 11) is 0. The minimum absolute atomic E-state index is 0.0488. The molecule has 2 N–H and O–H groups in total. The van der Waals surface area contributed by atoms with Gasteiger partial charge < -0.3 is 24.6 Å². The van der Waals surface area contributed by atoms with E-state index in [1.165, 1.54) is 25.7 Å². The molecule has 1 atom stereocenters. The fourth-order valence-corrected chi connectivity index (χ4v) is 6.81. The third kappa shape index (κ3) is 7.85. The molecule has 2 heterocycles.